The normalized spacial score (nSPS) is 21.4. The van der Waals surface area contributed by atoms with E-state index in [9.17, 15) is 10.1 Å². The Bertz CT molecular complexity index is 1430. The highest BCUT2D eigenvalue weighted by atomic mass is 16.5. The molecule has 40 heavy (non-hydrogen) atoms. The zero-order valence-electron chi connectivity index (χ0n) is 23.4. The molecule has 4 heterocycles. The van der Waals surface area contributed by atoms with Crippen LogP contribution in [0.2, 0.25) is 0 Å². The predicted octanol–water partition coefficient (Wildman–Crippen LogP) is 3.53. The number of hydrogen-bond donors (Lipinski definition) is 0. The highest BCUT2D eigenvalue weighted by molar-refractivity contribution is 5.97. The number of amides is 1. The number of benzene rings is 2. The van der Waals surface area contributed by atoms with Crippen molar-refractivity contribution in [3.8, 4) is 12.1 Å². The molecule has 0 spiro atoms. The number of aromatic nitrogens is 2. The summed E-state index contributed by atoms with van der Waals surface area (Å²) in [7, 11) is 2.14. The topological polar surface area (TPSA) is 88.8 Å². The first-order valence-corrected chi connectivity index (χ1v) is 14.3. The Balaban J connectivity index is 1.34. The van der Waals surface area contributed by atoms with Crippen molar-refractivity contribution >= 4 is 28.7 Å². The lowest BCUT2D eigenvalue weighted by molar-refractivity contribution is -0.120. The summed E-state index contributed by atoms with van der Waals surface area (Å²) in [6, 6.07) is 15.9. The van der Waals surface area contributed by atoms with E-state index in [4.69, 9.17) is 14.7 Å². The molecule has 0 bridgehead atoms. The number of likely N-dealkylation sites (tertiary alicyclic amines) is 1. The number of hydrogen-bond acceptors (Lipinski definition) is 8. The SMILES string of the molecule is Cc1cccc2cccc(N3CCc4c(nc(OC[C@@H]5CCCN5C)nc4N4CCN(C=O)[C@@H](CC#N)C4)C3)c12. The van der Waals surface area contributed by atoms with Gasteiger partial charge in [0.1, 0.15) is 12.4 Å². The molecule has 9 heteroatoms. The highest BCUT2D eigenvalue weighted by Gasteiger charge is 2.32. The summed E-state index contributed by atoms with van der Waals surface area (Å²) in [5, 5.41) is 11.9. The fourth-order valence-electron chi connectivity index (χ4n) is 6.54. The van der Waals surface area contributed by atoms with Gasteiger partial charge in [-0.05, 0) is 56.8 Å². The number of aryl methyl sites for hydroxylation is 1. The van der Waals surface area contributed by atoms with E-state index >= 15 is 0 Å². The molecule has 0 aliphatic carbocycles. The minimum absolute atomic E-state index is 0.155. The van der Waals surface area contributed by atoms with Crippen molar-refractivity contribution in [3.05, 3.63) is 53.2 Å². The van der Waals surface area contributed by atoms with Gasteiger partial charge in [-0.2, -0.15) is 15.2 Å². The van der Waals surface area contributed by atoms with E-state index in [0.29, 0.717) is 51.3 Å². The Hall–Kier alpha value is -3.90. The van der Waals surface area contributed by atoms with Gasteiger partial charge in [0.15, 0.2) is 0 Å². The van der Waals surface area contributed by atoms with Crippen molar-refractivity contribution in [1.29, 1.82) is 5.26 Å². The third-order valence-electron chi connectivity index (χ3n) is 8.82. The zero-order chi connectivity index (χ0) is 27.6. The van der Waals surface area contributed by atoms with Gasteiger partial charge >= 0.3 is 6.01 Å². The van der Waals surface area contributed by atoms with Crippen molar-refractivity contribution < 1.29 is 9.53 Å². The van der Waals surface area contributed by atoms with E-state index in [0.717, 1.165) is 49.4 Å². The first-order valence-electron chi connectivity index (χ1n) is 14.3. The summed E-state index contributed by atoms with van der Waals surface area (Å²) in [5.74, 6) is 0.891. The average molecular weight is 540 g/mol. The maximum Gasteiger partial charge on any atom is 0.318 e. The van der Waals surface area contributed by atoms with Crippen molar-refractivity contribution in [2.45, 2.75) is 51.2 Å². The van der Waals surface area contributed by atoms with Crippen LogP contribution in [-0.4, -0.2) is 84.6 Å². The second-order valence-electron chi connectivity index (χ2n) is 11.3. The van der Waals surface area contributed by atoms with Gasteiger partial charge < -0.3 is 24.3 Å². The van der Waals surface area contributed by atoms with Crippen LogP contribution in [0.15, 0.2) is 36.4 Å². The Kier molecular flexibility index (Phi) is 7.44. The van der Waals surface area contributed by atoms with Gasteiger partial charge in [-0.1, -0.05) is 30.3 Å². The molecule has 2 atom stereocenters. The number of nitriles is 1. The molecule has 6 rings (SSSR count). The number of nitrogens with zero attached hydrogens (tertiary/aromatic N) is 7. The first kappa shape index (κ1) is 26.3. The third kappa shape index (κ3) is 5.04. The molecule has 3 aliphatic heterocycles. The van der Waals surface area contributed by atoms with Crippen LogP contribution in [0.3, 0.4) is 0 Å². The lowest BCUT2D eigenvalue weighted by Crippen LogP contribution is -2.53. The van der Waals surface area contributed by atoms with Gasteiger partial charge in [0.05, 0.1) is 30.8 Å². The number of carbonyl (C=O) groups is 1. The number of rotatable bonds is 7. The average Bonchev–Trinajstić information content (AvgIpc) is 3.39. The van der Waals surface area contributed by atoms with Crippen LogP contribution in [0.5, 0.6) is 6.01 Å². The molecule has 208 valence electrons. The molecule has 0 unspecified atom stereocenters. The second kappa shape index (κ2) is 11.3. The van der Waals surface area contributed by atoms with Gasteiger partial charge in [0.2, 0.25) is 6.41 Å². The first-order chi connectivity index (χ1) is 19.6. The number of anilines is 2. The molecule has 9 nitrogen and oxygen atoms in total. The van der Waals surface area contributed by atoms with Gasteiger partial charge in [-0.15, -0.1) is 0 Å². The molecule has 0 radical (unpaired) electrons. The lowest BCUT2D eigenvalue weighted by Gasteiger charge is -2.41. The minimum Gasteiger partial charge on any atom is -0.462 e. The molecule has 2 saturated heterocycles. The number of likely N-dealkylation sites (N-methyl/N-ethyl adjacent to an activating group) is 1. The van der Waals surface area contributed by atoms with Gasteiger partial charge in [-0.3, -0.25) is 4.79 Å². The van der Waals surface area contributed by atoms with Crippen LogP contribution in [0.4, 0.5) is 11.5 Å². The number of carbonyl (C=O) groups excluding carboxylic acids is 1. The summed E-state index contributed by atoms with van der Waals surface area (Å²) in [4.78, 5) is 30.3. The van der Waals surface area contributed by atoms with Crippen LogP contribution in [-0.2, 0) is 17.8 Å². The molecule has 1 amide bonds. The fraction of sp³-hybridized carbons (Fsp3) is 0.484. The lowest BCUT2D eigenvalue weighted by atomic mass is 9.99. The number of fused-ring (bicyclic) bond motifs is 2. The molecule has 2 aromatic carbocycles. The smallest absolute Gasteiger partial charge is 0.318 e. The maximum atomic E-state index is 11.6. The summed E-state index contributed by atoms with van der Waals surface area (Å²) in [6.07, 6.45) is 4.28. The van der Waals surface area contributed by atoms with Crippen LogP contribution in [0, 0.1) is 18.3 Å². The standard InChI is InChI=1S/C31H37N7O2/c1-22-6-3-7-23-8-4-10-28(29(22)23)36-15-12-26-27(19-36)33-31(40-20-25-9-5-14-35(25)2)34-30(26)37-16-17-38(21-39)24(18-37)11-13-32/h3-4,6-8,10,21,24-25H,5,9,11-12,14-20H2,1-2H3/t24-,25-/m0/s1. The Morgan fingerprint density at radius 3 is 2.70 bits per heavy atom. The highest BCUT2D eigenvalue weighted by Crippen LogP contribution is 2.36. The maximum absolute atomic E-state index is 11.6. The van der Waals surface area contributed by atoms with E-state index in [1.807, 2.05) is 0 Å². The van der Waals surface area contributed by atoms with E-state index in [-0.39, 0.29) is 6.04 Å². The van der Waals surface area contributed by atoms with E-state index < -0.39 is 0 Å². The zero-order valence-corrected chi connectivity index (χ0v) is 23.4. The Morgan fingerprint density at radius 1 is 1.07 bits per heavy atom. The fourth-order valence-corrected chi connectivity index (χ4v) is 6.54. The molecule has 0 N–H and O–H groups in total. The summed E-state index contributed by atoms with van der Waals surface area (Å²) < 4.78 is 6.28. The molecule has 3 aromatic rings. The van der Waals surface area contributed by atoms with Gasteiger partial charge in [0.25, 0.3) is 0 Å². The van der Waals surface area contributed by atoms with Crippen molar-refractivity contribution in [2.24, 2.45) is 0 Å². The predicted molar refractivity (Wildman–Crippen MR) is 156 cm³/mol. The van der Waals surface area contributed by atoms with Crippen LogP contribution < -0.4 is 14.5 Å². The molecular weight excluding hydrogens is 502 g/mol. The summed E-state index contributed by atoms with van der Waals surface area (Å²) in [5.41, 5.74) is 4.63. The summed E-state index contributed by atoms with van der Waals surface area (Å²) >= 11 is 0. The Morgan fingerprint density at radius 2 is 1.93 bits per heavy atom. The van der Waals surface area contributed by atoms with Crippen LogP contribution in [0.1, 0.15) is 36.1 Å². The van der Waals surface area contributed by atoms with Crippen LogP contribution >= 0.6 is 0 Å². The number of ether oxygens (including phenoxy) is 1. The second-order valence-corrected chi connectivity index (χ2v) is 11.3. The van der Waals surface area contributed by atoms with Crippen LogP contribution in [0.25, 0.3) is 10.8 Å². The monoisotopic (exact) mass is 539 g/mol. The molecule has 1 aromatic heterocycles. The van der Waals surface area contributed by atoms with Gasteiger partial charge in [-0.25, -0.2) is 0 Å². The molecule has 0 saturated carbocycles. The Labute approximate surface area is 236 Å². The third-order valence-corrected chi connectivity index (χ3v) is 8.82. The molecule has 3 aliphatic rings. The minimum atomic E-state index is -0.155. The van der Waals surface area contributed by atoms with Crippen molar-refractivity contribution in [3.63, 3.8) is 0 Å². The quantitative estimate of drug-likeness (QED) is 0.422. The summed E-state index contributed by atoms with van der Waals surface area (Å²) in [6.45, 7) is 7.18. The molecule has 2 fully saturated rings. The molecular formula is C31H37N7O2. The number of piperazine rings is 1. The van der Waals surface area contributed by atoms with Crippen molar-refractivity contribution in [1.82, 2.24) is 19.8 Å². The van der Waals surface area contributed by atoms with Gasteiger partial charge in [0, 0.05) is 48.9 Å². The van der Waals surface area contributed by atoms with E-state index in [1.54, 1.807) is 4.90 Å². The van der Waals surface area contributed by atoms with E-state index in [1.165, 1.54) is 28.4 Å². The van der Waals surface area contributed by atoms with E-state index in [2.05, 4.69) is 71.1 Å². The van der Waals surface area contributed by atoms with Crippen molar-refractivity contribution in [2.75, 3.05) is 56.2 Å². The largest absolute Gasteiger partial charge is 0.462 e.